The predicted octanol–water partition coefficient (Wildman–Crippen LogP) is 5.39. The van der Waals surface area contributed by atoms with Gasteiger partial charge in [-0.25, -0.2) is 4.39 Å². The Morgan fingerprint density at radius 2 is 2.11 bits per heavy atom. The van der Waals surface area contributed by atoms with E-state index in [0.29, 0.717) is 17.7 Å². The number of nitrogens with zero attached hydrogens (tertiary/aromatic N) is 1. The lowest BCUT2D eigenvalue weighted by molar-refractivity contribution is 0.259. The summed E-state index contributed by atoms with van der Waals surface area (Å²) < 4.78 is 20.2. The zero-order valence-corrected chi connectivity index (χ0v) is 17.8. The molecule has 1 atom stereocenters. The van der Waals surface area contributed by atoms with Crippen molar-refractivity contribution in [3.05, 3.63) is 62.8 Å². The molecular formula is C21H25BrClFN2O. The summed E-state index contributed by atoms with van der Waals surface area (Å²) in [5.74, 6) is 0.468. The van der Waals surface area contributed by atoms with Crippen LogP contribution >= 0.6 is 27.5 Å². The van der Waals surface area contributed by atoms with E-state index >= 15 is 0 Å². The first-order valence-corrected chi connectivity index (χ1v) is 10.5. The molecular weight excluding hydrogens is 431 g/mol. The van der Waals surface area contributed by atoms with Gasteiger partial charge >= 0.3 is 0 Å². The van der Waals surface area contributed by atoms with Gasteiger partial charge < -0.3 is 10.1 Å². The average molecular weight is 456 g/mol. The molecule has 0 aromatic heterocycles. The van der Waals surface area contributed by atoms with Gasteiger partial charge in [0.25, 0.3) is 0 Å². The number of hydrogen-bond acceptors (Lipinski definition) is 3. The average Bonchev–Trinajstić information content (AvgIpc) is 3.10. The summed E-state index contributed by atoms with van der Waals surface area (Å²) >= 11 is 9.64. The second-order valence-corrected chi connectivity index (χ2v) is 8.15. The number of likely N-dealkylation sites (tertiary alicyclic amines) is 1. The van der Waals surface area contributed by atoms with Crippen molar-refractivity contribution in [2.24, 2.45) is 0 Å². The summed E-state index contributed by atoms with van der Waals surface area (Å²) in [5, 5.41) is 3.96. The van der Waals surface area contributed by atoms with Gasteiger partial charge in [-0.05, 0) is 56.3 Å². The van der Waals surface area contributed by atoms with Crippen LogP contribution in [-0.4, -0.2) is 30.6 Å². The molecule has 3 nitrogen and oxygen atoms in total. The Hall–Kier alpha value is -1.14. The molecule has 0 saturated carbocycles. The molecule has 0 spiro atoms. The molecule has 2 aromatic carbocycles. The van der Waals surface area contributed by atoms with Crippen LogP contribution in [0.3, 0.4) is 0 Å². The Bertz CT molecular complexity index is 774. The van der Waals surface area contributed by atoms with Crippen molar-refractivity contribution in [1.82, 2.24) is 10.2 Å². The van der Waals surface area contributed by atoms with Crippen LogP contribution < -0.4 is 10.1 Å². The van der Waals surface area contributed by atoms with E-state index in [2.05, 4.69) is 39.1 Å². The molecule has 1 N–H and O–H groups in total. The molecule has 0 bridgehead atoms. The highest BCUT2D eigenvalue weighted by atomic mass is 79.9. The third-order valence-electron chi connectivity index (χ3n) is 5.02. The minimum Gasteiger partial charge on any atom is -0.489 e. The van der Waals surface area contributed by atoms with E-state index in [1.54, 1.807) is 6.07 Å². The number of ether oxygens (including phenoxy) is 1. The van der Waals surface area contributed by atoms with E-state index < -0.39 is 0 Å². The quantitative estimate of drug-likeness (QED) is 0.577. The Balaban J connectivity index is 1.60. The standard InChI is InChI=1S/C21H25BrClFN2O/c1-2-26-9-3-4-19(26)13-25-12-16-10-17(22)6-8-21(16)27-14-15-5-7-18(24)11-20(15)23/h5-8,10-11,19,25H,2-4,9,12-14H2,1H3/t19-/m1/s1. The minimum absolute atomic E-state index is 0.306. The highest BCUT2D eigenvalue weighted by Gasteiger charge is 2.22. The maximum absolute atomic E-state index is 13.2. The molecule has 0 unspecified atom stereocenters. The number of rotatable bonds is 8. The van der Waals surface area contributed by atoms with Crippen LogP contribution in [0.25, 0.3) is 0 Å². The van der Waals surface area contributed by atoms with Gasteiger partial charge in [0.2, 0.25) is 0 Å². The van der Waals surface area contributed by atoms with Crippen LogP contribution in [0.5, 0.6) is 5.75 Å². The van der Waals surface area contributed by atoms with Crippen molar-refractivity contribution >= 4 is 27.5 Å². The van der Waals surface area contributed by atoms with Crippen molar-refractivity contribution in [1.29, 1.82) is 0 Å². The van der Waals surface area contributed by atoms with Gasteiger partial charge in [-0.2, -0.15) is 0 Å². The SMILES string of the molecule is CCN1CCC[C@@H]1CNCc1cc(Br)ccc1OCc1ccc(F)cc1Cl. The molecule has 1 aliphatic heterocycles. The van der Waals surface area contributed by atoms with E-state index in [1.807, 2.05) is 12.1 Å². The maximum Gasteiger partial charge on any atom is 0.124 e. The molecule has 1 heterocycles. The van der Waals surface area contributed by atoms with Gasteiger partial charge in [0.15, 0.2) is 0 Å². The van der Waals surface area contributed by atoms with Crippen LogP contribution in [0.1, 0.15) is 30.9 Å². The molecule has 6 heteroatoms. The first-order chi connectivity index (χ1) is 13.1. The lowest BCUT2D eigenvalue weighted by Crippen LogP contribution is -2.37. The Morgan fingerprint density at radius 3 is 2.89 bits per heavy atom. The third-order valence-corrected chi connectivity index (χ3v) is 5.87. The Kier molecular flexibility index (Phi) is 7.53. The normalized spacial score (nSPS) is 17.4. The van der Waals surface area contributed by atoms with Gasteiger partial charge in [-0.3, -0.25) is 4.90 Å². The largest absolute Gasteiger partial charge is 0.489 e. The second-order valence-electron chi connectivity index (χ2n) is 6.83. The van der Waals surface area contributed by atoms with Crippen molar-refractivity contribution in [3.63, 3.8) is 0 Å². The smallest absolute Gasteiger partial charge is 0.124 e. The molecule has 1 fully saturated rings. The molecule has 0 aliphatic carbocycles. The number of nitrogens with one attached hydrogen (secondary N) is 1. The van der Waals surface area contributed by atoms with Crippen molar-refractivity contribution in [2.75, 3.05) is 19.6 Å². The van der Waals surface area contributed by atoms with Crippen LogP contribution in [-0.2, 0) is 13.2 Å². The Morgan fingerprint density at radius 1 is 1.26 bits per heavy atom. The molecule has 2 aromatic rings. The third kappa shape index (κ3) is 5.67. The van der Waals surface area contributed by atoms with Crippen LogP contribution in [0, 0.1) is 5.82 Å². The lowest BCUT2D eigenvalue weighted by atomic mass is 10.1. The van der Waals surface area contributed by atoms with Crippen LogP contribution in [0.4, 0.5) is 4.39 Å². The molecule has 1 saturated heterocycles. The monoisotopic (exact) mass is 454 g/mol. The maximum atomic E-state index is 13.2. The first kappa shape index (κ1) is 20.6. The van der Waals surface area contributed by atoms with Gasteiger partial charge in [0.1, 0.15) is 18.2 Å². The Labute approximate surface area is 174 Å². The summed E-state index contributed by atoms with van der Waals surface area (Å²) in [4.78, 5) is 2.53. The summed E-state index contributed by atoms with van der Waals surface area (Å²) in [7, 11) is 0. The molecule has 0 radical (unpaired) electrons. The molecule has 3 rings (SSSR count). The van der Waals surface area contributed by atoms with Gasteiger partial charge in [-0.1, -0.05) is 40.5 Å². The highest BCUT2D eigenvalue weighted by Crippen LogP contribution is 2.26. The second kappa shape index (κ2) is 9.87. The van der Waals surface area contributed by atoms with E-state index in [4.69, 9.17) is 16.3 Å². The summed E-state index contributed by atoms with van der Waals surface area (Å²) in [6.45, 7) is 6.55. The number of hydrogen-bond donors (Lipinski definition) is 1. The zero-order valence-electron chi connectivity index (χ0n) is 15.5. The fourth-order valence-corrected chi connectivity index (χ4v) is 4.17. The predicted molar refractivity (Wildman–Crippen MR) is 112 cm³/mol. The van der Waals surface area contributed by atoms with E-state index in [-0.39, 0.29) is 5.82 Å². The van der Waals surface area contributed by atoms with Gasteiger partial charge in [0.05, 0.1) is 5.02 Å². The van der Waals surface area contributed by atoms with Crippen molar-refractivity contribution in [3.8, 4) is 5.75 Å². The number of benzene rings is 2. The van der Waals surface area contributed by atoms with Gasteiger partial charge in [0, 0.05) is 34.7 Å². The molecule has 0 amide bonds. The fraction of sp³-hybridized carbons (Fsp3) is 0.429. The van der Waals surface area contributed by atoms with Crippen LogP contribution in [0.15, 0.2) is 40.9 Å². The molecule has 146 valence electrons. The van der Waals surface area contributed by atoms with E-state index in [1.165, 1.54) is 31.5 Å². The molecule has 27 heavy (non-hydrogen) atoms. The van der Waals surface area contributed by atoms with Gasteiger partial charge in [-0.15, -0.1) is 0 Å². The van der Waals surface area contributed by atoms with Crippen molar-refractivity contribution in [2.45, 2.75) is 39.0 Å². The lowest BCUT2D eigenvalue weighted by Gasteiger charge is -2.23. The minimum atomic E-state index is -0.342. The highest BCUT2D eigenvalue weighted by molar-refractivity contribution is 9.10. The van der Waals surface area contributed by atoms with Crippen molar-refractivity contribution < 1.29 is 9.13 Å². The van der Waals surface area contributed by atoms with E-state index in [9.17, 15) is 4.39 Å². The topological polar surface area (TPSA) is 24.5 Å². The summed E-state index contributed by atoms with van der Waals surface area (Å²) in [6.07, 6.45) is 2.54. The zero-order chi connectivity index (χ0) is 19.2. The summed E-state index contributed by atoms with van der Waals surface area (Å²) in [5.41, 5.74) is 1.85. The van der Waals surface area contributed by atoms with Crippen LogP contribution in [0.2, 0.25) is 5.02 Å². The number of halogens is 3. The van der Waals surface area contributed by atoms with E-state index in [0.717, 1.165) is 41.0 Å². The number of likely N-dealkylation sites (N-methyl/N-ethyl adjacent to an activating group) is 1. The molecule has 1 aliphatic rings. The first-order valence-electron chi connectivity index (χ1n) is 9.36. The summed E-state index contributed by atoms with van der Waals surface area (Å²) in [6, 6.07) is 11.0. The fourth-order valence-electron chi connectivity index (χ4n) is 3.54.